The van der Waals surface area contributed by atoms with Crippen LogP contribution in [0.5, 0.6) is 0 Å². The number of hydrogen-bond donors (Lipinski definition) is 0. The fourth-order valence-electron chi connectivity index (χ4n) is 4.30. The highest BCUT2D eigenvalue weighted by Crippen LogP contribution is 2.44. The Morgan fingerprint density at radius 3 is 0.722 bits per heavy atom. The lowest BCUT2D eigenvalue weighted by atomic mass is 10.5. The highest BCUT2D eigenvalue weighted by atomic mass is 32.3. The van der Waals surface area contributed by atoms with Gasteiger partial charge in [-0.15, -0.1) is 0 Å². The van der Waals surface area contributed by atoms with Crippen molar-refractivity contribution in [3.63, 3.8) is 0 Å². The van der Waals surface area contributed by atoms with Gasteiger partial charge in [-0.2, -0.15) is 14.8 Å². The Hall–Kier alpha value is 0.920. The molecule has 0 aromatic rings. The summed E-state index contributed by atoms with van der Waals surface area (Å²) in [6, 6.07) is 0. The molecule has 5 fully saturated rings. The summed E-state index contributed by atoms with van der Waals surface area (Å²) < 4.78 is 32.1. The van der Waals surface area contributed by atoms with E-state index in [4.69, 9.17) is 18.9 Å². The summed E-state index contributed by atoms with van der Waals surface area (Å²) in [5, 5.41) is 0. The van der Waals surface area contributed by atoms with Gasteiger partial charge in [0.1, 0.15) is 0 Å². The zero-order chi connectivity index (χ0) is 24.4. The standard InChI is InChI=1S/C20H40N8O4S4/c1-9-29-10-2-21(1)17-25-33-26(18-22-3-11-30-12-4-22)35-28(20-24-7-15-32-16-8-24)36-27(34-25)19-23-5-13-31-14-6-23/h1-20H2. The molecule has 0 aromatic heterocycles. The van der Waals surface area contributed by atoms with Crippen molar-refractivity contribution in [3.05, 3.63) is 0 Å². The van der Waals surface area contributed by atoms with Crippen molar-refractivity contribution in [1.82, 2.24) is 34.4 Å². The highest BCUT2D eigenvalue weighted by Gasteiger charge is 2.32. The maximum Gasteiger partial charge on any atom is 0.0745 e. The molecule has 208 valence electrons. The van der Waals surface area contributed by atoms with E-state index >= 15 is 0 Å². The van der Waals surface area contributed by atoms with Crippen LogP contribution in [0.2, 0.25) is 0 Å². The number of nitrogens with zero attached hydrogens (tertiary/aromatic N) is 8. The second-order valence-electron chi connectivity index (χ2n) is 9.14. The van der Waals surface area contributed by atoms with Crippen LogP contribution >= 0.6 is 48.5 Å². The van der Waals surface area contributed by atoms with Crippen molar-refractivity contribution >= 4 is 48.5 Å². The van der Waals surface area contributed by atoms with E-state index in [1.165, 1.54) is 0 Å². The molecular formula is C20H40N8O4S4. The van der Waals surface area contributed by atoms with Crippen LogP contribution in [-0.2, 0) is 18.9 Å². The molecule has 5 saturated heterocycles. The molecule has 0 spiro atoms. The van der Waals surface area contributed by atoms with Crippen LogP contribution in [0, 0.1) is 0 Å². The van der Waals surface area contributed by atoms with Gasteiger partial charge in [-0.25, -0.2) is 0 Å². The SMILES string of the molecule is C1CN(CN2SN(CN3CCOCC3)SN(CN3CCOCC3)SN(CN3CCOCC3)S2)CCO1. The number of rotatable bonds is 8. The third-order valence-corrected chi connectivity index (χ3v) is 10.4. The maximum absolute atomic E-state index is 5.60. The highest BCUT2D eigenvalue weighted by molar-refractivity contribution is 8.24. The fraction of sp³-hybridized carbons (Fsp3) is 1.00. The minimum atomic E-state index is 0.814. The Morgan fingerprint density at radius 1 is 0.333 bits per heavy atom. The van der Waals surface area contributed by atoms with Crippen molar-refractivity contribution in [1.29, 1.82) is 0 Å². The number of ether oxygens (including phenoxy) is 4. The van der Waals surface area contributed by atoms with Gasteiger partial charge < -0.3 is 18.9 Å². The smallest absolute Gasteiger partial charge is 0.0745 e. The summed E-state index contributed by atoms with van der Waals surface area (Å²) in [4.78, 5) is 9.97. The van der Waals surface area contributed by atoms with Gasteiger partial charge in [0.25, 0.3) is 0 Å². The van der Waals surface area contributed by atoms with E-state index in [0.717, 1.165) is 132 Å². The van der Waals surface area contributed by atoms with Crippen LogP contribution in [0.1, 0.15) is 0 Å². The minimum absolute atomic E-state index is 0.814. The first kappa shape index (κ1) is 28.4. The molecule has 12 nitrogen and oxygen atoms in total. The van der Waals surface area contributed by atoms with Crippen LogP contribution in [-0.4, -0.2) is 166 Å². The summed E-state index contributed by atoms with van der Waals surface area (Å²) >= 11 is 7.32. The monoisotopic (exact) mass is 584 g/mol. The van der Waals surface area contributed by atoms with Crippen LogP contribution in [0.15, 0.2) is 0 Å². The van der Waals surface area contributed by atoms with Crippen molar-refractivity contribution in [2.75, 3.05) is 132 Å². The molecule has 16 heteroatoms. The summed E-state index contributed by atoms with van der Waals surface area (Å²) in [6.07, 6.45) is 0. The maximum atomic E-state index is 5.60. The first-order chi connectivity index (χ1) is 17.8. The zero-order valence-corrected chi connectivity index (χ0v) is 24.3. The molecule has 5 aliphatic heterocycles. The first-order valence-electron chi connectivity index (χ1n) is 12.8. The Bertz CT molecular complexity index is 517. The summed E-state index contributed by atoms with van der Waals surface area (Å²) in [5.41, 5.74) is 0. The average molecular weight is 585 g/mol. The molecule has 0 aromatic carbocycles. The summed E-state index contributed by atoms with van der Waals surface area (Å²) in [5.74, 6) is 0. The molecule has 5 aliphatic rings. The van der Waals surface area contributed by atoms with Gasteiger partial charge in [0.2, 0.25) is 0 Å². The third-order valence-electron chi connectivity index (χ3n) is 6.41. The fourth-order valence-corrected chi connectivity index (χ4v) is 9.74. The summed E-state index contributed by atoms with van der Waals surface area (Å²) in [6.45, 7) is 17.9. The molecule has 5 heterocycles. The minimum Gasteiger partial charge on any atom is -0.379 e. The lowest BCUT2D eigenvalue weighted by molar-refractivity contribution is 0.0264. The zero-order valence-electron chi connectivity index (χ0n) is 21.0. The van der Waals surface area contributed by atoms with Gasteiger partial charge in [-0.1, -0.05) is 0 Å². The molecular weight excluding hydrogens is 545 g/mol. The van der Waals surface area contributed by atoms with E-state index in [0.29, 0.717) is 0 Å². The van der Waals surface area contributed by atoms with E-state index in [-0.39, 0.29) is 0 Å². The molecule has 0 radical (unpaired) electrons. The predicted molar refractivity (Wildman–Crippen MR) is 147 cm³/mol. The van der Waals surface area contributed by atoms with Gasteiger partial charge in [-0.3, -0.25) is 19.6 Å². The topological polar surface area (TPSA) is 62.8 Å². The molecule has 0 N–H and O–H groups in total. The average Bonchev–Trinajstić information content (AvgIpc) is 2.90. The Kier molecular flexibility index (Phi) is 12.4. The second-order valence-corrected chi connectivity index (χ2v) is 14.2. The van der Waals surface area contributed by atoms with Crippen molar-refractivity contribution in [2.45, 2.75) is 0 Å². The van der Waals surface area contributed by atoms with Gasteiger partial charge >= 0.3 is 0 Å². The Morgan fingerprint density at radius 2 is 0.528 bits per heavy atom. The van der Waals surface area contributed by atoms with Crippen LogP contribution in [0.4, 0.5) is 0 Å². The molecule has 36 heavy (non-hydrogen) atoms. The van der Waals surface area contributed by atoms with Gasteiger partial charge in [0.05, 0.1) is 79.5 Å². The Balaban J connectivity index is 1.27. The van der Waals surface area contributed by atoms with Gasteiger partial charge in [0, 0.05) is 101 Å². The number of hydrogen-bond acceptors (Lipinski definition) is 16. The Labute approximate surface area is 233 Å². The largest absolute Gasteiger partial charge is 0.379 e. The molecule has 0 bridgehead atoms. The first-order valence-corrected chi connectivity index (χ1v) is 15.8. The van der Waals surface area contributed by atoms with E-state index in [2.05, 4.69) is 34.4 Å². The van der Waals surface area contributed by atoms with Crippen molar-refractivity contribution in [3.8, 4) is 0 Å². The molecule has 0 aliphatic carbocycles. The molecule has 0 saturated carbocycles. The molecule has 0 amide bonds. The predicted octanol–water partition coefficient (Wildman–Crippen LogP) is 0.620. The lowest BCUT2D eigenvalue weighted by Crippen LogP contribution is -2.47. The second kappa shape index (κ2) is 15.6. The van der Waals surface area contributed by atoms with Crippen LogP contribution < -0.4 is 0 Å². The van der Waals surface area contributed by atoms with Gasteiger partial charge in [-0.05, 0) is 0 Å². The summed E-state index contributed by atoms with van der Waals surface area (Å²) in [7, 11) is 0. The molecule has 0 unspecified atom stereocenters. The number of morpholine rings is 4. The lowest BCUT2D eigenvalue weighted by Gasteiger charge is -2.43. The van der Waals surface area contributed by atoms with E-state index in [1.807, 2.05) is 48.5 Å². The van der Waals surface area contributed by atoms with Gasteiger partial charge in [0.15, 0.2) is 0 Å². The van der Waals surface area contributed by atoms with Crippen LogP contribution in [0.3, 0.4) is 0 Å². The van der Waals surface area contributed by atoms with Crippen molar-refractivity contribution < 1.29 is 18.9 Å². The molecule has 5 rings (SSSR count). The van der Waals surface area contributed by atoms with Crippen LogP contribution in [0.25, 0.3) is 0 Å². The normalized spacial score (nSPS) is 29.3. The molecule has 0 atom stereocenters. The third kappa shape index (κ3) is 9.53. The quantitative estimate of drug-likeness (QED) is 0.374. The van der Waals surface area contributed by atoms with E-state index < -0.39 is 0 Å². The van der Waals surface area contributed by atoms with E-state index in [9.17, 15) is 0 Å². The van der Waals surface area contributed by atoms with Crippen molar-refractivity contribution in [2.24, 2.45) is 0 Å². The van der Waals surface area contributed by atoms with E-state index in [1.54, 1.807) is 0 Å².